The van der Waals surface area contributed by atoms with E-state index in [1.807, 2.05) is 25.1 Å². The van der Waals surface area contributed by atoms with Gasteiger partial charge in [0.15, 0.2) is 0 Å². The van der Waals surface area contributed by atoms with E-state index in [-0.39, 0.29) is 11.9 Å². The predicted molar refractivity (Wildman–Crippen MR) is 78.7 cm³/mol. The minimum Gasteiger partial charge on any atom is -0.310 e. The number of aryl methyl sites for hydroxylation is 1. The van der Waals surface area contributed by atoms with Crippen molar-refractivity contribution in [1.29, 1.82) is 0 Å². The summed E-state index contributed by atoms with van der Waals surface area (Å²) in [4.78, 5) is 0. The Morgan fingerprint density at radius 1 is 1.26 bits per heavy atom. The molecule has 1 unspecified atom stereocenters. The number of hydrogen-bond acceptors (Lipinski definition) is 1. The van der Waals surface area contributed by atoms with Crippen molar-refractivity contribution in [3.8, 4) is 0 Å². The Morgan fingerprint density at radius 3 is 2.68 bits per heavy atom. The number of nitrogens with one attached hydrogen (secondary N) is 1. The highest BCUT2D eigenvalue weighted by molar-refractivity contribution is 5.28. The third-order valence-corrected chi connectivity index (χ3v) is 4.29. The molecule has 0 radical (unpaired) electrons. The fraction of sp³-hybridized carbons (Fsp3) is 0.647. The molecule has 0 bridgehead atoms. The van der Waals surface area contributed by atoms with Gasteiger partial charge in [-0.15, -0.1) is 0 Å². The van der Waals surface area contributed by atoms with Crippen LogP contribution in [0.3, 0.4) is 0 Å². The zero-order valence-electron chi connectivity index (χ0n) is 12.2. The Bertz CT molecular complexity index is 396. The molecule has 0 saturated heterocycles. The van der Waals surface area contributed by atoms with Gasteiger partial charge in [0.2, 0.25) is 0 Å². The average molecular weight is 263 g/mol. The first-order valence-corrected chi connectivity index (χ1v) is 7.72. The van der Waals surface area contributed by atoms with Crippen LogP contribution >= 0.6 is 0 Å². The summed E-state index contributed by atoms with van der Waals surface area (Å²) in [6.45, 7) is 4.99. The third-order valence-electron chi connectivity index (χ3n) is 4.29. The van der Waals surface area contributed by atoms with Gasteiger partial charge in [0, 0.05) is 11.6 Å². The Kier molecular flexibility index (Phi) is 5.38. The van der Waals surface area contributed by atoms with Crippen molar-refractivity contribution in [3.05, 3.63) is 35.1 Å². The molecule has 1 N–H and O–H groups in total. The Labute approximate surface area is 116 Å². The van der Waals surface area contributed by atoms with Crippen LogP contribution in [0.2, 0.25) is 0 Å². The van der Waals surface area contributed by atoms with Crippen molar-refractivity contribution in [1.82, 2.24) is 5.32 Å². The summed E-state index contributed by atoms with van der Waals surface area (Å²) in [6, 6.07) is 6.00. The van der Waals surface area contributed by atoms with Crippen molar-refractivity contribution >= 4 is 0 Å². The summed E-state index contributed by atoms with van der Waals surface area (Å²) in [5, 5.41) is 3.58. The summed E-state index contributed by atoms with van der Waals surface area (Å²) in [6.07, 6.45) is 7.48. The second-order valence-electron chi connectivity index (χ2n) is 5.81. The van der Waals surface area contributed by atoms with Gasteiger partial charge in [0.1, 0.15) is 5.82 Å². The second kappa shape index (κ2) is 7.04. The summed E-state index contributed by atoms with van der Waals surface area (Å²) in [5.41, 5.74) is 1.64. The van der Waals surface area contributed by atoms with Crippen LogP contribution in [0.4, 0.5) is 4.39 Å². The molecule has 0 aromatic heterocycles. The van der Waals surface area contributed by atoms with Gasteiger partial charge in [-0.2, -0.15) is 0 Å². The number of rotatable bonds is 5. The maximum absolute atomic E-state index is 14.4. The zero-order chi connectivity index (χ0) is 13.7. The normalized spacial score (nSPS) is 18.5. The first-order valence-electron chi connectivity index (χ1n) is 7.72. The molecule has 2 heteroatoms. The quantitative estimate of drug-likeness (QED) is 0.808. The van der Waals surface area contributed by atoms with E-state index in [0.717, 1.165) is 24.1 Å². The Morgan fingerprint density at radius 2 is 2.00 bits per heavy atom. The monoisotopic (exact) mass is 263 g/mol. The van der Waals surface area contributed by atoms with Gasteiger partial charge < -0.3 is 5.32 Å². The second-order valence-corrected chi connectivity index (χ2v) is 5.81. The maximum Gasteiger partial charge on any atom is 0.130 e. The maximum atomic E-state index is 14.4. The van der Waals surface area contributed by atoms with Gasteiger partial charge in [-0.25, -0.2) is 4.39 Å². The summed E-state index contributed by atoms with van der Waals surface area (Å²) in [7, 11) is 0. The molecule has 0 spiro atoms. The van der Waals surface area contributed by atoms with Crippen molar-refractivity contribution < 1.29 is 4.39 Å². The van der Waals surface area contributed by atoms with Crippen molar-refractivity contribution in [2.24, 2.45) is 5.92 Å². The van der Waals surface area contributed by atoms with Gasteiger partial charge in [-0.1, -0.05) is 44.4 Å². The molecule has 0 aliphatic heterocycles. The molecule has 1 aromatic carbocycles. The largest absolute Gasteiger partial charge is 0.310 e. The van der Waals surface area contributed by atoms with E-state index in [2.05, 4.69) is 12.2 Å². The van der Waals surface area contributed by atoms with Crippen LogP contribution in [0, 0.1) is 18.7 Å². The van der Waals surface area contributed by atoms with Gasteiger partial charge in [0.05, 0.1) is 0 Å². The molecule has 1 saturated carbocycles. The molecule has 0 amide bonds. The standard InChI is InChI=1S/C17H26FN/c1-3-12-19-17(14-9-5-4-6-10-14)15-11-7-8-13(2)16(15)18/h7-8,11,14,17,19H,3-6,9-10,12H2,1-2H3. The molecule has 1 nitrogen and oxygen atoms in total. The van der Waals surface area contributed by atoms with Crippen LogP contribution in [0.25, 0.3) is 0 Å². The molecule has 19 heavy (non-hydrogen) atoms. The van der Waals surface area contributed by atoms with E-state index < -0.39 is 0 Å². The van der Waals surface area contributed by atoms with Gasteiger partial charge in [0.25, 0.3) is 0 Å². The molecule has 1 aliphatic rings. The average Bonchev–Trinajstić information content (AvgIpc) is 2.45. The van der Waals surface area contributed by atoms with E-state index >= 15 is 0 Å². The topological polar surface area (TPSA) is 12.0 Å². The lowest BCUT2D eigenvalue weighted by molar-refractivity contribution is 0.267. The molecule has 1 atom stereocenters. The van der Waals surface area contributed by atoms with E-state index in [0.29, 0.717) is 5.92 Å². The third kappa shape index (κ3) is 3.56. The van der Waals surface area contributed by atoms with Gasteiger partial charge in [-0.3, -0.25) is 0 Å². The first-order chi connectivity index (χ1) is 9.24. The van der Waals surface area contributed by atoms with Crippen LogP contribution in [0.1, 0.15) is 62.6 Å². The molecule has 1 aliphatic carbocycles. The number of hydrogen-bond donors (Lipinski definition) is 1. The summed E-state index contributed by atoms with van der Waals surface area (Å²) < 4.78 is 14.4. The minimum absolute atomic E-state index is 0.0123. The van der Waals surface area contributed by atoms with Gasteiger partial charge >= 0.3 is 0 Å². The zero-order valence-corrected chi connectivity index (χ0v) is 12.2. The van der Waals surface area contributed by atoms with Crippen LogP contribution in [-0.2, 0) is 0 Å². The predicted octanol–water partition coefficient (Wildman–Crippen LogP) is 4.76. The summed E-state index contributed by atoms with van der Waals surface area (Å²) in [5.74, 6) is 0.582. The fourth-order valence-electron chi connectivity index (χ4n) is 3.21. The highest BCUT2D eigenvalue weighted by Gasteiger charge is 2.26. The molecular formula is C17H26FN. The van der Waals surface area contributed by atoms with E-state index in [4.69, 9.17) is 0 Å². The number of benzene rings is 1. The molecule has 2 rings (SSSR count). The SMILES string of the molecule is CCCNC(c1cccc(C)c1F)C1CCCCC1. The lowest BCUT2D eigenvalue weighted by Crippen LogP contribution is -2.31. The Hall–Kier alpha value is -0.890. The summed E-state index contributed by atoms with van der Waals surface area (Å²) >= 11 is 0. The Balaban J connectivity index is 2.22. The molecule has 0 heterocycles. The van der Waals surface area contributed by atoms with Crippen LogP contribution in [0.15, 0.2) is 18.2 Å². The fourth-order valence-corrected chi connectivity index (χ4v) is 3.21. The van der Waals surface area contributed by atoms with Gasteiger partial charge in [-0.05, 0) is 44.2 Å². The van der Waals surface area contributed by atoms with Crippen LogP contribution in [0.5, 0.6) is 0 Å². The van der Waals surface area contributed by atoms with E-state index in [1.165, 1.54) is 32.1 Å². The molecule has 1 aromatic rings. The molecule has 106 valence electrons. The van der Waals surface area contributed by atoms with Crippen molar-refractivity contribution in [2.75, 3.05) is 6.54 Å². The van der Waals surface area contributed by atoms with Crippen LogP contribution in [-0.4, -0.2) is 6.54 Å². The lowest BCUT2D eigenvalue weighted by Gasteiger charge is -2.32. The first kappa shape index (κ1) is 14.5. The van der Waals surface area contributed by atoms with E-state index in [9.17, 15) is 4.39 Å². The highest BCUT2D eigenvalue weighted by atomic mass is 19.1. The smallest absolute Gasteiger partial charge is 0.130 e. The van der Waals surface area contributed by atoms with Crippen LogP contribution < -0.4 is 5.32 Å². The van der Waals surface area contributed by atoms with Crippen molar-refractivity contribution in [2.45, 2.75) is 58.4 Å². The molecule has 1 fully saturated rings. The number of halogens is 1. The molecular weight excluding hydrogens is 237 g/mol. The lowest BCUT2D eigenvalue weighted by atomic mass is 9.80. The highest BCUT2D eigenvalue weighted by Crippen LogP contribution is 2.35. The van der Waals surface area contributed by atoms with E-state index in [1.54, 1.807) is 0 Å². The minimum atomic E-state index is -0.0123. The van der Waals surface area contributed by atoms with Crippen molar-refractivity contribution in [3.63, 3.8) is 0 Å².